The van der Waals surface area contributed by atoms with Crippen LogP contribution in [0.3, 0.4) is 0 Å². The minimum absolute atomic E-state index is 0.461. The fourth-order valence-electron chi connectivity index (χ4n) is 2.99. The Morgan fingerprint density at radius 3 is 2.63 bits per heavy atom. The second kappa shape index (κ2) is 6.17. The molecule has 0 fully saturated rings. The molecule has 0 N–H and O–H groups in total. The lowest BCUT2D eigenvalue weighted by Gasteiger charge is -2.01. The quantitative estimate of drug-likeness (QED) is 0.479. The summed E-state index contributed by atoms with van der Waals surface area (Å²) in [7, 11) is 0. The molecule has 6 heteroatoms. The van der Waals surface area contributed by atoms with Crippen LogP contribution in [0.5, 0.6) is 0 Å². The molecule has 6 nitrogen and oxygen atoms in total. The van der Waals surface area contributed by atoms with Crippen molar-refractivity contribution < 1.29 is 4.52 Å². The van der Waals surface area contributed by atoms with Gasteiger partial charge in [0.2, 0.25) is 5.82 Å². The lowest BCUT2D eigenvalue weighted by Crippen LogP contribution is -1.93. The zero-order chi connectivity index (χ0) is 18.2. The van der Waals surface area contributed by atoms with Gasteiger partial charge in [-0.05, 0) is 55.5 Å². The van der Waals surface area contributed by atoms with E-state index in [0.29, 0.717) is 17.4 Å². The zero-order valence-corrected chi connectivity index (χ0v) is 14.6. The topological polar surface area (TPSA) is 69.6 Å². The summed E-state index contributed by atoms with van der Waals surface area (Å²) >= 11 is 0. The second-order valence-electron chi connectivity index (χ2n) is 6.31. The Balaban J connectivity index is 1.46. The van der Waals surface area contributed by atoms with Crippen LogP contribution in [0.1, 0.15) is 5.56 Å². The number of aryl methyl sites for hydroxylation is 1. The molecular formula is C21H15N5O. The normalized spacial score (nSPS) is 11.1. The Morgan fingerprint density at radius 1 is 0.926 bits per heavy atom. The van der Waals surface area contributed by atoms with Gasteiger partial charge in [-0.1, -0.05) is 22.9 Å². The monoisotopic (exact) mass is 353 g/mol. The van der Waals surface area contributed by atoms with E-state index < -0.39 is 0 Å². The first kappa shape index (κ1) is 15.5. The molecule has 5 aromatic rings. The van der Waals surface area contributed by atoms with E-state index in [-0.39, 0.29) is 0 Å². The van der Waals surface area contributed by atoms with Crippen LogP contribution in [0.15, 0.2) is 77.6 Å². The third kappa shape index (κ3) is 2.87. The number of aromatic nitrogens is 5. The van der Waals surface area contributed by atoms with Crippen LogP contribution in [0.25, 0.3) is 39.6 Å². The molecule has 0 spiro atoms. The SMILES string of the molecule is Cc1ccc2nc(-c3noc(-c4ccc(-n5cccn5)cc4)n3)ccc2c1. The number of benzene rings is 2. The summed E-state index contributed by atoms with van der Waals surface area (Å²) in [5.74, 6) is 0.937. The Bertz CT molecular complexity index is 1220. The molecule has 3 aromatic heterocycles. The Labute approximate surface area is 155 Å². The first-order valence-corrected chi connectivity index (χ1v) is 8.58. The van der Waals surface area contributed by atoms with Crippen molar-refractivity contribution in [2.45, 2.75) is 6.92 Å². The maximum Gasteiger partial charge on any atom is 0.258 e. The van der Waals surface area contributed by atoms with Crippen LogP contribution in [-0.4, -0.2) is 24.9 Å². The number of pyridine rings is 1. The highest BCUT2D eigenvalue weighted by atomic mass is 16.5. The van der Waals surface area contributed by atoms with E-state index in [1.165, 1.54) is 5.56 Å². The van der Waals surface area contributed by atoms with Crippen molar-refractivity contribution in [3.8, 4) is 28.7 Å². The van der Waals surface area contributed by atoms with Gasteiger partial charge in [0.15, 0.2) is 0 Å². The molecular weight excluding hydrogens is 338 g/mol. The Morgan fingerprint density at radius 2 is 1.81 bits per heavy atom. The first-order chi connectivity index (χ1) is 13.3. The smallest absolute Gasteiger partial charge is 0.258 e. The third-order valence-electron chi connectivity index (χ3n) is 4.38. The summed E-state index contributed by atoms with van der Waals surface area (Å²) in [5, 5.41) is 9.41. The largest absolute Gasteiger partial charge is 0.334 e. The molecule has 0 radical (unpaired) electrons. The summed E-state index contributed by atoms with van der Waals surface area (Å²) in [4.78, 5) is 9.15. The van der Waals surface area contributed by atoms with Crippen LogP contribution in [0, 0.1) is 6.92 Å². The molecule has 27 heavy (non-hydrogen) atoms. The van der Waals surface area contributed by atoms with E-state index in [1.807, 2.05) is 60.8 Å². The third-order valence-corrected chi connectivity index (χ3v) is 4.38. The van der Waals surface area contributed by atoms with Crippen molar-refractivity contribution in [2.75, 3.05) is 0 Å². The Kier molecular flexibility index (Phi) is 3.53. The van der Waals surface area contributed by atoms with Crippen LogP contribution in [0.2, 0.25) is 0 Å². The molecule has 0 unspecified atom stereocenters. The minimum Gasteiger partial charge on any atom is -0.334 e. The maximum absolute atomic E-state index is 5.44. The van der Waals surface area contributed by atoms with Gasteiger partial charge >= 0.3 is 0 Å². The van der Waals surface area contributed by atoms with E-state index in [2.05, 4.69) is 33.2 Å². The van der Waals surface area contributed by atoms with Gasteiger partial charge in [-0.25, -0.2) is 9.67 Å². The minimum atomic E-state index is 0.461. The average molecular weight is 353 g/mol. The van der Waals surface area contributed by atoms with Crippen molar-refractivity contribution in [1.29, 1.82) is 0 Å². The lowest BCUT2D eigenvalue weighted by molar-refractivity contribution is 0.432. The molecule has 0 bridgehead atoms. The molecule has 0 aliphatic heterocycles. The summed E-state index contributed by atoms with van der Waals surface area (Å²) in [5.41, 5.74) is 4.62. The van der Waals surface area contributed by atoms with Crippen LogP contribution < -0.4 is 0 Å². The van der Waals surface area contributed by atoms with Gasteiger partial charge in [0.1, 0.15) is 5.69 Å². The molecule has 0 aliphatic carbocycles. The summed E-state index contributed by atoms with van der Waals surface area (Å²) in [6.07, 6.45) is 3.64. The molecule has 2 aromatic carbocycles. The molecule has 0 amide bonds. The molecule has 5 rings (SSSR count). The van der Waals surface area contributed by atoms with Crippen molar-refractivity contribution in [3.63, 3.8) is 0 Å². The summed E-state index contributed by atoms with van der Waals surface area (Å²) in [6, 6.07) is 19.8. The highest BCUT2D eigenvalue weighted by Gasteiger charge is 2.12. The van der Waals surface area contributed by atoms with Gasteiger partial charge in [-0.15, -0.1) is 0 Å². The molecule has 3 heterocycles. The van der Waals surface area contributed by atoms with E-state index in [9.17, 15) is 0 Å². The molecule has 0 aliphatic rings. The van der Waals surface area contributed by atoms with Crippen molar-refractivity contribution >= 4 is 10.9 Å². The van der Waals surface area contributed by atoms with E-state index >= 15 is 0 Å². The number of hydrogen-bond donors (Lipinski definition) is 0. The van der Waals surface area contributed by atoms with Gasteiger partial charge in [-0.2, -0.15) is 10.1 Å². The van der Waals surface area contributed by atoms with Gasteiger partial charge in [0.05, 0.1) is 11.2 Å². The van der Waals surface area contributed by atoms with Gasteiger partial charge < -0.3 is 4.52 Å². The highest BCUT2D eigenvalue weighted by molar-refractivity contribution is 5.81. The van der Waals surface area contributed by atoms with Crippen molar-refractivity contribution in [1.82, 2.24) is 24.9 Å². The number of hydrogen-bond acceptors (Lipinski definition) is 5. The number of rotatable bonds is 3. The second-order valence-corrected chi connectivity index (χ2v) is 6.31. The Hall–Kier alpha value is -3.80. The van der Waals surface area contributed by atoms with Gasteiger partial charge in [-0.3, -0.25) is 0 Å². The van der Waals surface area contributed by atoms with E-state index in [1.54, 1.807) is 10.9 Å². The molecule has 130 valence electrons. The highest BCUT2D eigenvalue weighted by Crippen LogP contribution is 2.24. The zero-order valence-electron chi connectivity index (χ0n) is 14.6. The van der Waals surface area contributed by atoms with Gasteiger partial charge in [0.25, 0.3) is 5.89 Å². The summed E-state index contributed by atoms with van der Waals surface area (Å²) in [6.45, 7) is 2.07. The molecule has 0 atom stereocenters. The fraction of sp³-hybridized carbons (Fsp3) is 0.0476. The predicted molar refractivity (Wildman–Crippen MR) is 102 cm³/mol. The van der Waals surface area contributed by atoms with E-state index in [4.69, 9.17) is 4.52 Å². The molecule has 0 saturated carbocycles. The van der Waals surface area contributed by atoms with Crippen LogP contribution in [0.4, 0.5) is 0 Å². The summed E-state index contributed by atoms with van der Waals surface area (Å²) < 4.78 is 7.24. The average Bonchev–Trinajstić information content (AvgIpc) is 3.40. The number of nitrogens with zero attached hydrogens (tertiary/aromatic N) is 5. The van der Waals surface area contributed by atoms with Crippen molar-refractivity contribution in [3.05, 3.63) is 78.6 Å². The fourth-order valence-corrected chi connectivity index (χ4v) is 2.99. The van der Waals surface area contributed by atoms with Gasteiger partial charge in [0, 0.05) is 23.3 Å². The maximum atomic E-state index is 5.44. The van der Waals surface area contributed by atoms with E-state index in [0.717, 1.165) is 22.2 Å². The number of fused-ring (bicyclic) bond motifs is 1. The predicted octanol–water partition coefficient (Wildman–Crippen LogP) is 4.45. The standard InChI is InChI=1S/C21H15N5O/c1-14-3-9-18-16(13-14)6-10-19(23-18)20-24-21(27-25-20)15-4-7-17(8-5-15)26-12-2-11-22-26/h2-13H,1H3. The van der Waals surface area contributed by atoms with Crippen LogP contribution >= 0.6 is 0 Å². The van der Waals surface area contributed by atoms with Crippen molar-refractivity contribution in [2.24, 2.45) is 0 Å². The lowest BCUT2D eigenvalue weighted by atomic mass is 10.1. The first-order valence-electron chi connectivity index (χ1n) is 8.58. The van der Waals surface area contributed by atoms with Crippen LogP contribution in [-0.2, 0) is 0 Å². The molecule has 0 saturated heterocycles.